The van der Waals surface area contributed by atoms with Gasteiger partial charge >= 0.3 is 0 Å². The highest BCUT2D eigenvalue weighted by molar-refractivity contribution is 5.80. The number of hydrogen-bond acceptors (Lipinski definition) is 4. The number of ether oxygens (including phenoxy) is 2. The molecule has 1 unspecified atom stereocenters. The zero-order chi connectivity index (χ0) is 12.2. The van der Waals surface area contributed by atoms with Gasteiger partial charge < -0.3 is 20.1 Å². The maximum absolute atomic E-state index is 11.5. The molecule has 96 valence electrons. The van der Waals surface area contributed by atoms with Gasteiger partial charge in [0.15, 0.2) is 0 Å². The van der Waals surface area contributed by atoms with Gasteiger partial charge in [-0.25, -0.2) is 0 Å². The molecule has 0 radical (unpaired) electrons. The molecule has 0 fully saturated rings. The van der Waals surface area contributed by atoms with Crippen LogP contribution < -0.4 is 10.6 Å². The van der Waals surface area contributed by atoms with Gasteiger partial charge in [0.1, 0.15) is 6.10 Å². The summed E-state index contributed by atoms with van der Waals surface area (Å²) in [5.41, 5.74) is 0. The number of likely N-dealkylation sites (N-methyl/N-ethyl adjacent to an activating group) is 1. The van der Waals surface area contributed by atoms with E-state index in [0.717, 1.165) is 19.5 Å². The summed E-state index contributed by atoms with van der Waals surface area (Å²) >= 11 is 0. The van der Waals surface area contributed by atoms with E-state index in [0.29, 0.717) is 19.8 Å². The highest BCUT2D eigenvalue weighted by Gasteiger charge is 2.11. The molecule has 0 saturated heterocycles. The highest BCUT2D eigenvalue weighted by Crippen LogP contribution is 1.90. The first-order valence-electron chi connectivity index (χ1n) is 5.81. The van der Waals surface area contributed by atoms with E-state index >= 15 is 0 Å². The molecule has 0 aliphatic rings. The molecule has 0 spiro atoms. The zero-order valence-electron chi connectivity index (χ0n) is 10.5. The molecule has 0 aromatic heterocycles. The first-order valence-corrected chi connectivity index (χ1v) is 5.81. The molecule has 1 amide bonds. The van der Waals surface area contributed by atoms with Gasteiger partial charge in [0.25, 0.3) is 0 Å². The normalized spacial score (nSPS) is 12.4. The minimum atomic E-state index is -0.388. The fraction of sp³-hybridized carbons (Fsp3) is 0.909. The summed E-state index contributed by atoms with van der Waals surface area (Å²) in [6.07, 6.45) is 0.438. The summed E-state index contributed by atoms with van der Waals surface area (Å²) in [6.45, 7) is 7.34. The molecular formula is C11H24N2O3. The lowest BCUT2D eigenvalue weighted by Gasteiger charge is -2.13. The number of carbonyl (C=O) groups is 1. The Bertz CT molecular complexity index is 177. The summed E-state index contributed by atoms with van der Waals surface area (Å²) in [4.78, 5) is 11.5. The molecule has 0 aliphatic carbocycles. The second-order valence-electron chi connectivity index (χ2n) is 3.50. The van der Waals surface area contributed by atoms with E-state index < -0.39 is 0 Å². The Balaban J connectivity index is 3.42. The molecule has 0 aromatic rings. The van der Waals surface area contributed by atoms with Crippen LogP contribution in [0.5, 0.6) is 0 Å². The maximum atomic E-state index is 11.5. The molecule has 0 rings (SSSR count). The maximum Gasteiger partial charge on any atom is 0.248 e. The van der Waals surface area contributed by atoms with Crippen LogP contribution in [0.15, 0.2) is 0 Å². The third-order valence-corrected chi connectivity index (χ3v) is 2.09. The highest BCUT2D eigenvalue weighted by atomic mass is 16.5. The van der Waals surface area contributed by atoms with Crippen molar-refractivity contribution < 1.29 is 14.3 Å². The number of methoxy groups -OCH3 is 1. The quantitative estimate of drug-likeness (QED) is 0.527. The minimum absolute atomic E-state index is 0.0624. The summed E-state index contributed by atoms with van der Waals surface area (Å²) in [5, 5.41) is 5.92. The molecular weight excluding hydrogens is 208 g/mol. The van der Waals surface area contributed by atoms with Crippen molar-refractivity contribution in [3.63, 3.8) is 0 Å². The topological polar surface area (TPSA) is 59.6 Å². The van der Waals surface area contributed by atoms with Crippen LogP contribution in [0.1, 0.15) is 20.3 Å². The monoisotopic (exact) mass is 232 g/mol. The lowest BCUT2D eigenvalue weighted by Crippen LogP contribution is -2.36. The van der Waals surface area contributed by atoms with E-state index in [1.54, 1.807) is 14.0 Å². The summed E-state index contributed by atoms with van der Waals surface area (Å²) in [6, 6.07) is 0. The minimum Gasteiger partial charge on any atom is -0.385 e. The lowest BCUT2D eigenvalue weighted by molar-refractivity contribution is -0.131. The van der Waals surface area contributed by atoms with Crippen molar-refractivity contribution in [2.75, 3.05) is 40.0 Å². The Kier molecular flexibility index (Phi) is 10.4. The Morgan fingerprint density at radius 1 is 1.31 bits per heavy atom. The fourth-order valence-electron chi connectivity index (χ4n) is 1.13. The van der Waals surface area contributed by atoms with Crippen LogP contribution in [0, 0.1) is 0 Å². The number of nitrogens with one attached hydrogen (secondary N) is 2. The molecule has 0 saturated carbocycles. The molecule has 16 heavy (non-hydrogen) atoms. The van der Waals surface area contributed by atoms with Crippen molar-refractivity contribution in [2.45, 2.75) is 26.4 Å². The molecule has 0 aromatic carbocycles. The molecule has 5 heteroatoms. The van der Waals surface area contributed by atoms with E-state index in [9.17, 15) is 4.79 Å². The average molecular weight is 232 g/mol. The first-order chi connectivity index (χ1) is 7.72. The Hall–Kier alpha value is -0.650. The van der Waals surface area contributed by atoms with Crippen LogP contribution >= 0.6 is 0 Å². The number of hydrogen-bond donors (Lipinski definition) is 2. The lowest BCUT2D eigenvalue weighted by atomic mass is 10.3. The third-order valence-electron chi connectivity index (χ3n) is 2.09. The Morgan fingerprint density at radius 2 is 2.06 bits per heavy atom. The summed E-state index contributed by atoms with van der Waals surface area (Å²) in [5.74, 6) is -0.0624. The predicted octanol–water partition coefficient (Wildman–Crippen LogP) is 0.154. The van der Waals surface area contributed by atoms with Gasteiger partial charge in [-0.3, -0.25) is 4.79 Å². The van der Waals surface area contributed by atoms with E-state index in [4.69, 9.17) is 9.47 Å². The molecule has 5 nitrogen and oxygen atoms in total. The van der Waals surface area contributed by atoms with Crippen LogP contribution in [0.4, 0.5) is 0 Å². The Labute approximate surface area is 97.9 Å². The van der Waals surface area contributed by atoms with Crippen LogP contribution in [0.25, 0.3) is 0 Å². The first kappa shape index (κ1) is 15.3. The fourth-order valence-corrected chi connectivity index (χ4v) is 1.13. The van der Waals surface area contributed by atoms with Crippen molar-refractivity contribution >= 4 is 5.91 Å². The van der Waals surface area contributed by atoms with Gasteiger partial charge in [0.2, 0.25) is 5.91 Å². The second kappa shape index (κ2) is 10.9. The smallest absolute Gasteiger partial charge is 0.248 e. The summed E-state index contributed by atoms with van der Waals surface area (Å²) < 4.78 is 10.2. The van der Waals surface area contributed by atoms with Crippen LogP contribution in [0.3, 0.4) is 0 Å². The number of rotatable bonds is 10. The Morgan fingerprint density at radius 3 is 2.69 bits per heavy atom. The van der Waals surface area contributed by atoms with Gasteiger partial charge in [-0.15, -0.1) is 0 Å². The standard InChI is InChI=1S/C11H24N2O3/c1-4-12-7-9-16-10(2)11(14)13-6-5-8-15-3/h10,12H,4-9H2,1-3H3,(H,13,14). The van der Waals surface area contributed by atoms with Crippen LogP contribution in [0.2, 0.25) is 0 Å². The third kappa shape index (κ3) is 8.64. The van der Waals surface area contributed by atoms with Crippen molar-refractivity contribution in [2.24, 2.45) is 0 Å². The zero-order valence-corrected chi connectivity index (χ0v) is 10.5. The predicted molar refractivity (Wildman–Crippen MR) is 63.5 cm³/mol. The number of carbonyl (C=O) groups excluding carboxylic acids is 1. The van der Waals surface area contributed by atoms with Crippen molar-refractivity contribution in [1.29, 1.82) is 0 Å². The average Bonchev–Trinajstić information content (AvgIpc) is 2.29. The van der Waals surface area contributed by atoms with Gasteiger partial charge in [0.05, 0.1) is 6.61 Å². The SMILES string of the molecule is CCNCCOC(C)C(=O)NCCCOC. The van der Waals surface area contributed by atoms with Gasteiger partial charge in [-0.2, -0.15) is 0 Å². The molecule has 0 bridgehead atoms. The molecule has 0 aliphatic heterocycles. The summed E-state index contributed by atoms with van der Waals surface area (Å²) in [7, 11) is 1.65. The van der Waals surface area contributed by atoms with Gasteiger partial charge in [0, 0.05) is 26.8 Å². The van der Waals surface area contributed by atoms with E-state index in [1.807, 2.05) is 6.92 Å². The van der Waals surface area contributed by atoms with E-state index in [2.05, 4.69) is 10.6 Å². The van der Waals surface area contributed by atoms with Crippen molar-refractivity contribution in [3.05, 3.63) is 0 Å². The van der Waals surface area contributed by atoms with Gasteiger partial charge in [-0.05, 0) is 19.9 Å². The molecule has 0 heterocycles. The van der Waals surface area contributed by atoms with E-state index in [-0.39, 0.29) is 12.0 Å². The van der Waals surface area contributed by atoms with Crippen LogP contribution in [-0.2, 0) is 14.3 Å². The second-order valence-corrected chi connectivity index (χ2v) is 3.50. The number of amides is 1. The van der Waals surface area contributed by atoms with Crippen LogP contribution in [-0.4, -0.2) is 52.0 Å². The van der Waals surface area contributed by atoms with E-state index in [1.165, 1.54) is 0 Å². The molecule has 1 atom stereocenters. The van der Waals surface area contributed by atoms with Crippen molar-refractivity contribution in [3.8, 4) is 0 Å². The van der Waals surface area contributed by atoms with Gasteiger partial charge in [-0.1, -0.05) is 6.92 Å². The van der Waals surface area contributed by atoms with Crippen molar-refractivity contribution in [1.82, 2.24) is 10.6 Å². The molecule has 2 N–H and O–H groups in total. The largest absolute Gasteiger partial charge is 0.385 e.